The van der Waals surface area contributed by atoms with E-state index in [1.165, 1.54) is 44.1 Å². The topological polar surface area (TPSA) is 61.8 Å². The molecule has 0 radical (unpaired) electrons. The molecule has 0 N–H and O–H groups in total. The maximum atomic E-state index is 11.9. The Morgan fingerprint density at radius 1 is 0.742 bits per heavy atom. The highest BCUT2D eigenvalue weighted by Gasteiger charge is 2.17. The molecular formula is C26H34O5. The first-order valence-corrected chi connectivity index (χ1v) is 11.3. The van der Waals surface area contributed by atoms with Crippen molar-refractivity contribution in [2.45, 2.75) is 51.9 Å². The standard InChI is InChI=1S/C26H34O5/c1-2-3-4-5-6-8-11-22-14-16-24(17-15-22)30-20-18-29-19-21-31-26(28)25(27)23-12-9-7-10-13-23/h7,9-10,12-17H,2-6,8,11,18-21H2,1H3. The van der Waals surface area contributed by atoms with Crippen molar-refractivity contribution in [3.05, 3.63) is 65.7 Å². The summed E-state index contributed by atoms with van der Waals surface area (Å²) in [7, 11) is 0. The van der Waals surface area contributed by atoms with Gasteiger partial charge in [-0.1, -0.05) is 81.5 Å². The number of ether oxygens (including phenoxy) is 3. The summed E-state index contributed by atoms with van der Waals surface area (Å²) in [5, 5.41) is 0. The Morgan fingerprint density at radius 2 is 1.42 bits per heavy atom. The van der Waals surface area contributed by atoms with Crippen molar-refractivity contribution in [2.24, 2.45) is 0 Å². The van der Waals surface area contributed by atoms with Gasteiger partial charge in [-0.15, -0.1) is 0 Å². The van der Waals surface area contributed by atoms with Crippen LogP contribution in [0.15, 0.2) is 54.6 Å². The van der Waals surface area contributed by atoms with Gasteiger partial charge in [-0.3, -0.25) is 4.79 Å². The van der Waals surface area contributed by atoms with Crippen LogP contribution < -0.4 is 4.74 Å². The summed E-state index contributed by atoms with van der Waals surface area (Å²) in [4.78, 5) is 23.6. The number of carbonyl (C=O) groups is 2. The van der Waals surface area contributed by atoms with E-state index in [1.54, 1.807) is 30.3 Å². The molecule has 0 unspecified atom stereocenters. The van der Waals surface area contributed by atoms with Crippen LogP contribution in [-0.2, 0) is 20.7 Å². The first-order valence-electron chi connectivity index (χ1n) is 11.3. The number of aryl methyl sites for hydroxylation is 1. The summed E-state index contributed by atoms with van der Waals surface area (Å²) >= 11 is 0. The molecule has 168 valence electrons. The van der Waals surface area contributed by atoms with Gasteiger partial charge in [-0.2, -0.15) is 0 Å². The van der Waals surface area contributed by atoms with Crippen molar-refractivity contribution in [3.63, 3.8) is 0 Å². The van der Waals surface area contributed by atoms with Crippen molar-refractivity contribution in [2.75, 3.05) is 26.4 Å². The maximum Gasteiger partial charge on any atom is 0.379 e. The predicted molar refractivity (Wildman–Crippen MR) is 122 cm³/mol. The van der Waals surface area contributed by atoms with E-state index in [0.29, 0.717) is 18.8 Å². The predicted octanol–water partition coefficient (Wildman–Crippen LogP) is 5.41. The van der Waals surface area contributed by atoms with Crippen LogP contribution in [0.25, 0.3) is 0 Å². The second-order valence-electron chi connectivity index (χ2n) is 7.45. The normalized spacial score (nSPS) is 10.6. The molecule has 0 aliphatic rings. The number of carbonyl (C=O) groups excluding carboxylic acids is 2. The zero-order valence-corrected chi connectivity index (χ0v) is 18.5. The number of rotatable bonds is 16. The van der Waals surface area contributed by atoms with E-state index in [0.717, 1.165) is 12.2 Å². The molecule has 0 amide bonds. The Morgan fingerprint density at radius 3 is 2.16 bits per heavy atom. The van der Waals surface area contributed by atoms with E-state index >= 15 is 0 Å². The molecular weight excluding hydrogens is 392 g/mol. The van der Waals surface area contributed by atoms with E-state index in [9.17, 15) is 9.59 Å². The van der Waals surface area contributed by atoms with Gasteiger partial charge in [0.1, 0.15) is 19.0 Å². The monoisotopic (exact) mass is 426 g/mol. The number of esters is 1. The Labute approximate surface area is 185 Å². The van der Waals surface area contributed by atoms with E-state index in [1.807, 2.05) is 12.1 Å². The zero-order valence-electron chi connectivity index (χ0n) is 18.5. The fourth-order valence-corrected chi connectivity index (χ4v) is 3.15. The molecule has 0 aliphatic heterocycles. The smallest absolute Gasteiger partial charge is 0.379 e. The summed E-state index contributed by atoms with van der Waals surface area (Å²) in [5.41, 5.74) is 1.66. The first-order chi connectivity index (χ1) is 15.2. The quantitative estimate of drug-likeness (QED) is 0.155. The lowest BCUT2D eigenvalue weighted by Gasteiger charge is -2.09. The molecule has 0 aromatic heterocycles. The fourth-order valence-electron chi connectivity index (χ4n) is 3.15. The van der Waals surface area contributed by atoms with E-state index < -0.39 is 11.8 Å². The minimum Gasteiger partial charge on any atom is -0.491 e. The highest BCUT2D eigenvalue weighted by molar-refractivity contribution is 6.40. The van der Waals surface area contributed by atoms with Crippen LogP contribution in [0.5, 0.6) is 5.75 Å². The van der Waals surface area contributed by atoms with Crippen molar-refractivity contribution < 1.29 is 23.8 Å². The molecule has 0 heterocycles. The van der Waals surface area contributed by atoms with Crippen LogP contribution in [0, 0.1) is 0 Å². The average Bonchev–Trinajstić information content (AvgIpc) is 2.81. The third-order valence-electron chi connectivity index (χ3n) is 4.92. The third-order valence-corrected chi connectivity index (χ3v) is 4.92. The molecule has 0 atom stereocenters. The lowest BCUT2D eigenvalue weighted by Crippen LogP contribution is -2.20. The summed E-state index contributed by atoms with van der Waals surface area (Å²) in [5.74, 6) is -0.703. The molecule has 2 rings (SSSR count). The SMILES string of the molecule is CCCCCCCCc1ccc(OCCOCCOC(=O)C(=O)c2ccccc2)cc1. The summed E-state index contributed by atoms with van der Waals surface area (Å²) < 4.78 is 16.0. The lowest BCUT2D eigenvalue weighted by atomic mass is 10.0. The van der Waals surface area contributed by atoms with Gasteiger partial charge in [-0.25, -0.2) is 4.79 Å². The molecule has 0 bridgehead atoms. The van der Waals surface area contributed by atoms with Crippen molar-refractivity contribution in [1.29, 1.82) is 0 Å². The molecule has 0 fully saturated rings. The van der Waals surface area contributed by atoms with Gasteiger partial charge in [0.15, 0.2) is 0 Å². The zero-order chi connectivity index (χ0) is 22.2. The van der Waals surface area contributed by atoms with Crippen LogP contribution in [0.2, 0.25) is 0 Å². The second kappa shape index (κ2) is 15.2. The van der Waals surface area contributed by atoms with Gasteiger partial charge in [0.2, 0.25) is 0 Å². The van der Waals surface area contributed by atoms with Crippen molar-refractivity contribution in [1.82, 2.24) is 0 Å². The number of hydrogen-bond acceptors (Lipinski definition) is 5. The van der Waals surface area contributed by atoms with Crippen LogP contribution in [0.3, 0.4) is 0 Å². The number of Topliss-reactive ketones (excluding diaryl/α,β-unsaturated/α-hetero) is 1. The molecule has 0 spiro atoms. The van der Waals surface area contributed by atoms with E-state index in [2.05, 4.69) is 19.1 Å². The Hall–Kier alpha value is -2.66. The Balaban J connectivity index is 1.50. The van der Waals surface area contributed by atoms with Crippen LogP contribution in [-0.4, -0.2) is 38.2 Å². The lowest BCUT2D eigenvalue weighted by molar-refractivity contribution is -0.139. The maximum absolute atomic E-state index is 11.9. The Bertz CT molecular complexity index is 755. The fraction of sp³-hybridized carbons (Fsp3) is 0.462. The van der Waals surface area contributed by atoms with E-state index in [-0.39, 0.29) is 13.2 Å². The summed E-state index contributed by atoms with van der Waals surface area (Å²) in [6.45, 7) is 3.28. The molecule has 0 saturated carbocycles. The molecule has 2 aromatic rings. The van der Waals surface area contributed by atoms with Crippen molar-refractivity contribution in [3.8, 4) is 5.75 Å². The molecule has 5 heteroatoms. The molecule has 2 aromatic carbocycles. The minimum atomic E-state index is -0.868. The molecule has 0 saturated heterocycles. The van der Waals surface area contributed by atoms with Crippen molar-refractivity contribution >= 4 is 11.8 Å². The van der Waals surface area contributed by atoms with Gasteiger partial charge < -0.3 is 14.2 Å². The highest BCUT2D eigenvalue weighted by atomic mass is 16.6. The second-order valence-corrected chi connectivity index (χ2v) is 7.45. The molecule has 5 nitrogen and oxygen atoms in total. The number of unbranched alkanes of at least 4 members (excludes halogenated alkanes) is 5. The molecule has 31 heavy (non-hydrogen) atoms. The Kier molecular flexibility index (Phi) is 12.1. The third kappa shape index (κ3) is 10.3. The van der Waals surface area contributed by atoms with Crippen LogP contribution in [0.1, 0.15) is 61.4 Å². The van der Waals surface area contributed by atoms with Gasteiger partial charge in [0.05, 0.1) is 13.2 Å². The van der Waals surface area contributed by atoms with Crippen LogP contribution in [0.4, 0.5) is 0 Å². The molecule has 0 aliphatic carbocycles. The number of benzene rings is 2. The van der Waals surface area contributed by atoms with Crippen LogP contribution >= 0.6 is 0 Å². The minimum absolute atomic E-state index is 0.0323. The summed E-state index contributed by atoms with van der Waals surface area (Å²) in [6.07, 6.45) is 8.95. The first kappa shape index (κ1) is 24.6. The van der Waals surface area contributed by atoms with Gasteiger partial charge in [0, 0.05) is 5.56 Å². The van der Waals surface area contributed by atoms with Gasteiger partial charge >= 0.3 is 5.97 Å². The highest BCUT2D eigenvalue weighted by Crippen LogP contribution is 2.15. The summed E-state index contributed by atoms with van der Waals surface area (Å²) in [6, 6.07) is 16.6. The van der Waals surface area contributed by atoms with Gasteiger partial charge in [-0.05, 0) is 30.5 Å². The average molecular weight is 427 g/mol. The number of ketones is 1. The largest absolute Gasteiger partial charge is 0.491 e. The van der Waals surface area contributed by atoms with E-state index in [4.69, 9.17) is 14.2 Å². The number of hydrogen-bond donors (Lipinski definition) is 0. The van der Waals surface area contributed by atoms with Gasteiger partial charge in [0.25, 0.3) is 5.78 Å².